The maximum absolute atomic E-state index is 12.5. The number of benzene rings is 1. The molecule has 0 radical (unpaired) electrons. The Morgan fingerprint density at radius 3 is 2.79 bits per heavy atom. The first-order valence-electron chi connectivity index (χ1n) is 7.28. The molecular formula is C17H20O2. The largest absolute Gasteiger partial charge is 0.490 e. The van der Waals surface area contributed by atoms with Gasteiger partial charge in [-0.1, -0.05) is 43.7 Å². The van der Waals surface area contributed by atoms with Gasteiger partial charge in [0.1, 0.15) is 0 Å². The first-order valence-corrected chi connectivity index (χ1v) is 7.28. The highest BCUT2D eigenvalue weighted by molar-refractivity contribution is 6.00. The number of ketones is 1. The van der Waals surface area contributed by atoms with Crippen LogP contribution in [-0.2, 0) is 9.53 Å². The molecule has 0 fully saturated rings. The number of hydrogen-bond donors (Lipinski definition) is 0. The Labute approximate surface area is 114 Å². The molecule has 1 aliphatic heterocycles. The average Bonchev–Trinajstić information content (AvgIpc) is 2.74. The maximum atomic E-state index is 12.5. The van der Waals surface area contributed by atoms with Crippen LogP contribution in [0.15, 0.2) is 41.7 Å². The molecule has 0 unspecified atom stereocenters. The van der Waals surface area contributed by atoms with Crippen molar-refractivity contribution in [3.63, 3.8) is 0 Å². The lowest BCUT2D eigenvalue weighted by Crippen LogP contribution is -2.17. The standard InChI is InChI=1S/C17H20O2/c1-2-7-13-15(12-8-4-3-5-9-12)14-10-6-11-19-17(14)16(13)18/h3-5,8-9,13,15H,2,6-7,10-11H2,1H3/t13-,15+/m0/s1. The lowest BCUT2D eigenvalue weighted by Gasteiger charge is -2.22. The summed E-state index contributed by atoms with van der Waals surface area (Å²) in [5.74, 6) is 1.28. The second-order valence-electron chi connectivity index (χ2n) is 5.45. The topological polar surface area (TPSA) is 26.3 Å². The molecule has 1 aliphatic carbocycles. The monoisotopic (exact) mass is 256 g/mol. The van der Waals surface area contributed by atoms with Crippen LogP contribution in [-0.4, -0.2) is 12.4 Å². The summed E-state index contributed by atoms with van der Waals surface area (Å²) in [6, 6.07) is 10.4. The van der Waals surface area contributed by atoms with E-state index in [1.54, 1.807) is 0 Å². The number of carbonyl (C=O) groups excluding carboxylic acids is 1. The third-order valence-corrected chi connectivity index (χ3v) is 4.23. The van der Waals surface area contributed by atoms with Crippen LogP contribution in [0.1, 0.15) is 44.1 Å². The van der Waals surface area contributed by atoms with Crippen LogP contribution in [0.4, 0.5) is 0 Å². The van der Waals surface area contributed by atoms with Gasteiger partial charge < -0.3 is 4.74 Å². The van der Waals surface area contributed by atoms with Gasteiger partial charge in [0, 0.05) is 11.8 Å². The lowest BCUT2D eigenvalue weighted by molar-refractivity contribution is -0.122. The quantitative estimate of drug-likeness (QED) is 0.821. The van der Waals surface area contributed by atoms with Crippen molar-refractivity contribution in [2.75, 3.05) is 6.61 Å². The normalized spacial score (nSPS) is 26.3. The van der Waals surface area contributed by atoms with Gasteiger partial charge >= 0.3 is 0 Å². The van der Waals surface area contributed by atoms with Gasteiger partial charge in [-0.15, -0.1) is 0 Å². The van der Waals surface area contributed by atoms with E-state index in [0.717, 1.165) is 25.7 Å². The summed E-state index contributed by atoms with van der Waals surface area (Å²) in [7, 11) is 0. The predicted octanol–water partition coefficient (Wildman–Crippen LogP) is 3.83. The fourth-order valence-electron chi connectivity index (χ4n) is 3.43. The van der Waals surface area contributed by atoms with E-state index in [4.69, 9.17) is 4.74 Å². The molecule has 0 N–H and O–H groups in total. The van der Waals surface area contributed by atoms with Crippen LogP contribution >= 0.6 is 0 Å². The van der Waals surface area contributed by atoms with Gasteiger partial charge in [-0.25, -0.2) is 0 Å². The molecule has 0 amide bonds. The second-order valence-corrected chi connectivity index (χ2v) is 5.45. The zero-order valence-corrected chi connectivity index (χ0v) is 11.4. The van der Waals surface area contributed by atoms with Crippen LogP contribution in [0.25, 0.3) is 0 Å². The highest BCUT2D eigenvalue weighted by Crippen LogP contribution is 2.47. The molecule has 2 atom stereocenters. The molecule has 0 spiro atoms. The molecule has 1 heterocycles. The van der Waals surface area contributed by atoms with Crippen LogP contribution in [0.5, 0.6) is 0 Å². The SMILES string of the molecule is CCC[C@@H]1C(=O)C2=C(CCCO2)[C@@H]1c1ccccc1. The smallest absolute Gasteiger partial charge is 0.201 e. The Bertz CT molecular complexity index is 501. The van der Waals surface area contributed by atoms with Crippen molar-refractivity contribution in [1.29, 1.82) is 0 Å². The third kappa shape index (κ3) is 2.09. The fourth-order valence-corrected chi connectivity index (χ4v) is 3.43. The van der Waals surface area contributed by atoms with E-state index in [1.807, 2.05) is 6.07 Å². The highest BCUT2D eigenvalue weighted by Gasteiger charge is 2.43. The van der Waals surface area contributed by atoms with Crippen molar-refractivity contribution >= 4 is 5.78 Å². The zero-order chi connectivity index (χ0) is 13.2. The molecule has 100 valence electrons. The van der Waals surface area contributed by atoms with Crippen molar-refractivity contribution in [2.24, 2.45) is 5.92 Å². The Kier molecular flexibility index (Phi) is 3.41. The molecule has 1 aromatic rings. The minimum Gasteiger partial charge on any atom is -0.490 e. The Balaban J connectivity index is 2.02. The van der Waals surface area contributed by atoms with Gasteiger partial charge in [-0.3, -0.25) is 4.79 Å². The summed E-state index contributed by atoms with van der Waals surface area (Å²) < 4.78 is 5.67. The molecule has 0 saturated heterocycles. The van der Waals surface area contributed by atoms with E-state index >= 15 is 0 Å². The zero-order valence-electron chi connectivity index (χ0n) is 11.4. The van der Waals surface area contributed by atoms with Crippen LogP contribution in [0, 0.1) is 5.92 Å². The average molecular weight is 256 g/mol. The van der Waals surface area contributed by atoms with Crippen molar-refractivity contribution < 1.29 is 9.53 Å². The van der Waals surface area contributed by atoms with Crippen molar-refractivity contribution in [2.45, 2.75) is 38.5 Å². The van der Waals surface area contributed by atoms with Gasteiger partial charge in [0.25, 0.3) is 0 Å². The number of Topliss-reactive ketones (excluding diaryl/α,β-unsaturated/α-hetero) is 1. The van der Waals surface area contributed by atoms with E-state index < -0.39 is 0 Å². The summed E-state index contributed by atoms with van der Waals surface area (Å²) in [5.41, 5.74) is 2.52. The minimum atomic E-state index is 0.0931. The highest BCUT2D eigenvalue weighted by atomic mass is 16.5. The summed E-state index contributed by atoms with van der Waals surface area (Å²) in [4.78, 5) is 12.5. The van der Waals surface area contributed by atoms with Crippen molar-refractivity contribution in [3.8, 4) is 0 Å². The molecule has 2 aliphatic rings. The van der Waals surface area contributed by atoms with Gasteiger partial charge in [-0.05, 0) is 30.4 Å². The number of rotatable bonds is 3. The van der Waals surface area contributed by atoms with Gasteiger partial charge in [0.15, 0.2) is 5.76 Å². The predicted molar refractivity (Wildman–Crippen MR) is 74.8 cm³/mol. The fraction of sp³-hybridized carbons (Fsp3) is 0.471. The Morgan fingerprint density at radius 2 is 2.05 bits per heavy atom. The van der Waals surface area contributed by atoms with Crippen molar-refractivity contribution in [1.82, 2.24) is 0 Å². The molecule has 0 bridgehead atoms. The molecule has 19 heavy (non-hydrogen) atoms. The van der Waals surface area contributed by atoms with Gasteiger partial charge in [0.05, 0.1) is 6.61 Å². The summed E-state index contributed by atoms with van der Waals surface area (Å²) in [6.45, 7) is 2.85. The number of allylic oxidation sites excluding steroid dienone is 2. The van der Waals surface area contributed by atoms with E-state index in [-0.39, 0.29) is 17.6 Å². The van der Waals surface area contributed by atoms with Gasteiger partial charge in [0.2, 0.25) is 5.78 Å². The van der Waals surface area contributed by atoms with Crippen LogP contribution in [0.3, 0.4) is 0 Å². The second kappa shape index (κ2) is 5.20. The summed E-state index contributed by atoms with van der Waals surface area (Å²) >= 11 is 0. The first-order chi connectivity index (χ1) is 9.33. The van der Waals surface area contributed by atoms with Crippen LogP contribution in [0.2, 0.25) is 0 Å². The molecule has 2 nitrogen and oxygen atoms in total. The molecule has 3 rings (SSSR count). The number of ether oxygens (including phenoxy) is 1. The number of hydrogen-bond acceptors (Lipinski definition) is 2. The van der Waals surface area contributed by atoms with Crippen molar-refractivity contribution in [3.05, 3.63) is 47.2 Å². The third-order valence-electron chi connectivity index (χ3n) is 4.23. The Morgan fingerprint density at radius 1 is 1.26 bits per heavy atom. The summed E-state index contributed by atoms with van der Waals surface area (Å²) in [6.07, 6.45) is 4.05. The van der Waals surface area contributed by atoms with E-state index in [9.17, 15) is 4.79 Å². The minimum absolute atomic E-state index is 0.0931. The molecule has 0 aromatic heterocycles. The molecule has 2 heteroatoms. The maximum Gasteiger partial charge on any atom is 0.201 e. The first kappa shape index (κ1) is 12.5. The van der Waals surface area contributed by atoms with E-state index in [2.05, 4.69) is 31.2 Å². The summed E-state index contributed by atoms with van der Waals surface area (Å²) in [5, 5.41) is 0. The molecular weight excluding hydrogens is 236 g/mol. The molecule has 1 aromatic carbocycles. The molecule has 0 saturated carbocycles. The van der Waals surface area contributed by atoms with Gasteiger partial charge in [-0.2, -0.15) is 0 Å². The van der Waals surface area contributed by atoms with E-state index in [1.165, 1.54) is 11.1 Å². The lowest BCUT2D eigenvalue weighted by atomic mass is 9.81. The number of carbonyl (C=O) groups is 1. The van der Waals surface area contributed by atoms with E-state index in [0.29, 0.717) is 12.4 Å². The Hall–Kier alpha value is -1.57. The van der Waals surface area contributed by atoms with Crippen LogP contribution < -0.4 is 0 Å².